The Hall–Kier alpha value is -1.65. The van der Waals surface area contributed by atoms with Gasteiger partial charge in [0.15, 0.2) is 0 Å². The topological polar surface area (TPSA) is 40.5 Å². The maximum atomic E-state index is 12.4. The van der Waals surface area contributed by atoms with E-state index in [1.807, 2.05) is 29.6 Å². The van der Waals surface area contributed by atoms with Gasteiger partial charge in [0.2, 0.25) is 0 Å². The van der Waals surface area contributed by atoms with E-state index in [0.29, 0.717) is 18.7 Å². The maximum Gasteiger partial charge on any atom is 0.255 e. The Kier molecular flexibility index (Phi) is 4.12. The molecule has 1 amide bonds. The fourth-order valence-corrected chi connectivity index (χ4v) is 2.80. The van der Waals surface area contributed by atoms with Crippen LogP contribution in [0.2, 0.25) is 0 Å². The zero-order chi connectivity index (χ0) is 13.0. The Morgan fingerprint density at radius 1 is 1.44 bits per heavy atom. The van der Waals surface area contributed by atoms with Gasteiger partial charge in [-0.3, -0.25) is 4.79 Å². The zero-order valence-electron chi connectivity index (χ0n) is 10.0. The van der Waals surface area contributed by atoms with Crippen LogP contribution in [0.3, 0.4) is 0 Å². The van der Waals surface area contributed by atoms with Crippen molar-refractivity contribution in [2.24, 2.45) is 0 Å². The van der Waals surface area contributed by atoms with Crippen molar-refractivity contribution in [3.63, 3.8) is 0 Å². The third kappa shape index (κ3) is 2.44. The number of rotatable bonds is 5. The van der Waals surface area contributed by atoms with Gasteiger partial charge in [0, 0.05) is 28.6 Å². The Bertz CT molecular complexity index is 562. The van der Waals surface area contributed by atoms with Crippen molar-refractivity contribution >= 4 is 27.3 Å². The lowest BCUT2D eigenvalue weighted by Crippen LogP contribution is -2.33. The van der Waals surface area contributed by atoms with Crippen LogP contribution in [0.5, 0.6) is 0 Å². The highest BCUT2D eigenvalue weighted by Gasteiger charge is 2.17. The number of carbonyl (C=O) groups excluding carboxylic acids is 1. The summed E-state index contributed by atoms with van der Waals surface area (Å²) in [5, 5.41) is 11.8. The van der Waals surface area contributed by atoms with Crippen LogP contribution in [0.15, 0.2) is 42.3 Å². The predicted molar refractivity (Wildman–Crippen MR) is 75.0 cm³/mol. The second kappa shape index (κ2) is 5.80. The monoisotopic (exact) mass is 261 g/mol. The van der Waals surface area contributed by atoms with Gasteiger partial charge in [0.1, 0.15) is 0 Å². The lowest BCUT2D eigenvalue weighted by molar-refractivity contribution is 0.0745. The zero-order valence-corrected chi connectivity index (χ0v) is 10.8. The Labute approximate surface area is 110 Å². The average Bonchev–Trinajstić information content (AvgIpc) is 2.81. The van der Waals surface area contributed by atoms with Crippen LogP contribution in [0, 0.1) is 0 Å². The molecule has 1 aromatic carbocycles. The van der Waals surface area contributed by atoms with E-state index in [9.17, 15) is 4.79 Å². The minimum atomic E-state index is -0.0543. The number of carbonyl (C=O) groups is 1. The fourth-order valence-electron chi connectivity index (χ4n) is 1.87. The van der Waals surface area contributed by atoms with E-state index in [1.54, 1.807) is 22.3 Å². The minimum absolute atomic E-state index is 0.0400. The molecule has 1 heterocycles. The minimum Gasteiger partial charge on any atom is -0.395 e. The third-order valence-electron chi connectivity index (χ3n) is 2.72. The second-order valence-corrected chi connectivity index (χ2v) is 4.82. The van der Waals surface area contributed by atoms with Crippen molar-refractivity contribution in [3.8, 4) is 0 Å². The molecule has 4 heteroatoms. The predicted octanol–water partition coefficient (Wildman–Crippen LogP) is 2.52. The molecule has 2 rings (SSSR count). The van der Waals surface area contributed by atoms with Crippen molar-refractivity contribution in [1.29, 1.82) is 0 Å². The summed E-state index contributed by atoms with van der Waals surface area (Å²) in [6.07, 6.45) is 1.67. The first-order valence-electron chi connectivity index (χ1n) is 5.75. The second-order valence-electron chi connectivity index (χ2n) is 3.91. The molecule has 0 spiro atoms. The molecule has 0 bridgehead atoms. The number of thiophene rings is 1. The van der Waals surface area contributed by atoms with Crippen molar-refractivity contribution < 1.29 is 9.90 Å². The van der Waals surface area contributed by atoms with Crippen LogP contribution in [0.4, 0.5) is 0 Å². The summed E-state index contributed by atoms with van der Waals surface area (Å²) in [5.41, 5.74) is 0.700. The van der Waals surface area contributed by atoms with E-state index in [4.69, 9.17) is 5.11 Å². The molecule has 1 aromatic heterocycles. The van der Waals surface area contributed by atoms with Gasteiger partial charge < -0.3 is 10.0 Å². The highest BCUT2D eigenvalue weighted by atomic mass is 32.1. The van der Waals surface area contributed by atoms with E-state index in [1.165, 1.54) is 0 Å². The lowest BCUT2D eigenvalue weighted by atomic mass is 10.1. The molecule has 2 aromatic rings. The number of fused-ring (bicyclic) bond motifs is 1. The molecule has 0 radical (unpaired) electrons. The highest BCUT2D eigenvalue weighted by Crippen LogP contribution is 2.26. The molecule has 0 atom stereocenters. The van der Waals surface area contributed by atoms with Gasteiger partial charge in [-0.15, -0.1) is 17.9 Å². The molecule has 18 heavy (non-hydrogen) atoms. The van der Waals surface area contributed by atoms with Gasteiger partial charge in [-0.1, -0.05) is 24.3 Å². The van der Waals surface area contributed by atoms with Gasteiger partial charge in [0.25, 0.3) is 5.91 Å². The van der Waals surface area contributed by atoms with Crippen molar-refractivity contribution in [2.45, 2.75) is 0 Å². The molecule has 94 valence electrons. The van der Waals surface area contributed by atoms with Crippen LogP contribution in [0.25, 0.3) is 10.1 Å². The van der Waals surface area contributed by atoms with E-state index < -0.39 is 0 Å². The van der Waals surface area contributed by atoms with Gasteiger partial charge in [-0.05, 0) is 6.07 Å². The van der Waals surface area contributed by atoms with E-state index >= 15 is 0 Å². The number of amides is 1. The van der Waals surface area contributed by atoms with E-state index in [0.717, 1.165) is 10.1 Å². The molecule has 0 saturated carbocycles. The standard InChI is InChI=1S/C14H15NO2S/c1-2-7-15(8-9-16)14(17)12-10-18-13-6-4-3-5-11(12)13/h2-6,10,16H,1,7-9H2. The number of nitrogens with zero attached hydrogens (tertiary/aromatic N) is 1. The van der Waals surface area contributed by atoms with E-state index in [2.05, 4.69) is 6.58 Å². The summed E-state index contributed by atoms with van der Waals surface area (Å²) in [7, 11) is 0. The molecule has 0 fully saturated rings. The van der Waals surface area contributed by atoms with Crippen molar-refractivity contribution in [1.82, 2.24) is 4.90 Å². The number of aliphatic hydroxyl groups excluding tert-OH is 1. The first-order valence-corrected chi connectivity index (χ1v) is 6.63. The number of hydrogen-bond donors (Lipinski definition) is 1. The quantitative estimate of drug-likeness (QED) is 0.840. The van der Waals surface area contributed by atoms with Crippen LogP contribution in [-0.2, 0) is 0 Å². The van der Waals surface area contributed by atoms with Gasteiger partial charge in [0.05, 0.1) is 12.2 Å². The molecule has 0 aliphatic heterocycles. The van der Waals surface area contributed by atoms with Gasteiger partial charge >= 0.3 is 0 Å². The van der Waals surface area contributed by atoms with Gasteiger partial charge in [-0.25, -0.2) is 0 Å². The Balaban J connectivity index is 2.34. The smallest absolute Gasteiger partial charge is 0.255 e. The highest BCUT2D eigenvalue weighted by molar-refractivity contribution is 7.17. The molecule has 0 aliphatic carbocycles. The third-order valence-corrected chi connectivity index (χ3v) is 3.68. The summed E-state index contributed by atoms with van der Waals surface area (Å²) in [6.45, 7) is 4.37. The van der Waals surface area contributed by atoms with Crippen LogP contribution in [-0.4, -0.2) is 35.6 Å². The number of hydrogen-bond acceptors (Lipinski definition) is 3. The largest absolute Gasteiger partial charge is 0.395 e. The first kappa shape index (κ1) is 12.8. The number of aliphatic hydroxyl groups is 1. The molecule has 0 saturated heterocycles. The Morgan fingerprint density at radius 3 is 2.94 bits per heavy atom. The average molecular weight is 261 g/mol. The Morgan fingerprint density at radius 2 is 2.22 bits per heavy atom. The first-order chi connectivity index (χ1) is 8.77. The van der Waals surface area contributed by atoms with Crippen LogP contribution in [0.1, 0.15) is 10.4 Å². The number of benzene rings is 1. The summed E-state index contributed by atoms with van der Waals surface area (Å²) in [4.78, 5) is 14.0. The van der Waals surface area contributed by atoms with E-state index in [-0.39, 0.29) is 12.5 Å². The fraction of sp³-hybridized carbons (Fsp3) is 0.214. The molecule has 0 unspecified atom stereocenters. The van der Waals surface area contributed by atoms with Crippen molar-refractivity contribution in [2.75, 3.05) is 19.7 Å². The summed E-state index contributed by atoms with van der Waals surface area (Å²) in [6, 6.07) is 7.84. The van der Waals surface area contributed by atoms with Gasteiger partial charge in [-0.2, -0.15) is 0 Å². The lowest BCUT2D eigenvalue weighted by Gasteiger charge is -2.19. The molecule has 1 N–H and O–H groups in total. The summed E-state index contributed by atoms with van der Waals surface area (Å²) >= 11 is 1.56. The van der Waals surface area contributed by atoms with Crippen LogP contribution < -0.4 is 0 Å². The van der Waals surface area contributed by atoms with Crippen LogP contribution >= 0.6 is 11.3 Å². The molecule has 0 aliphatic rings. The summed E-state index contributed by atoms with van der Waals surface area (Å²) < 4.78 is 1.10. The van der Waals surface area contributed by atoms with Crippen molar-refractivity contribution in [3.05, 3.63) is 47.9 Å². The molecule has 3 nitrogen and oxygen atoms in total. The molecular formula is C14H15NO2S. The molecular weight excluding hydrogens is 246 g/mol. The summed E-state index contributed by atoms with van der Waals surface area (Å²) in [5.74, 6) is -0.0543. The SMILES string of the molecule is C=CCN(CCO)C(=O)c1csc2ccccc12. The maximum absolute atomic E-state index is 12.4. The normalized spacial score (nSPS) is 10.5.